The maximum absolute atomic E-state index is 12.4. The summed E-state index contributed by atoms with van der Waals surface area (Å²) in [6, 6.07) is 0. The van der Waals surface area contributed by atoms with Gasteiger partial charge in [0.1, 0.15) is 9.53 Å². The lowest BCUT2D eigenvalue weighted by molar-refractivity contribution is -0.214. The van der Waals surface area contributed by atoms with Crippen LogP contribution in [0.2, 0.25) is 0 Å². The molecular weight excluding hydrogens is 391 g/mol. The van der Waals surface area contributed by atoms with Gasteiger partial charge in [0.15, 0.2) is 0 Å². The maximum atomic E-state index is 12.4. The first kappa shape index (κ1) is 13.8. The molecule has 1 aliphatic heterocycles. The molecule has 2 bridgehead atoms. The summed E-state index contributed by atoms with van der Waals surface area (Å²) in [4.78, 5) is 21.4. The van der Waals surface area contributed by atoms with Crippen molar-refractivity contribution in [2.24, 2.45) is 0 Å². The van der Waals surface area contributed by atoms with E-state index < -0.39 is 0 Å². The third-order valence-electron chi connectivity index (χ3n) is 6.12. The van der Waals surface area contributed by atoms with Gasteiger partial charge in [0.25, 0.3) is 0 Å². The summed E-state index contributed by atoms with van der Waals surface area (Å²) >= 11 is 2.34. The first-order valence-corrected chi connectivity index (χ1v) is 9.34. The van der Waals surface area contributed by atoms with E-state index >= 15 is 0 Å². The predicted octanol–water partition coefficient (Wildman–Crippen LogP) is 1.77. The summed E-state index contributed by atoms with van der Waals surface area (Å²) in [6.45, 7) is 2.50. The monoisotopic (exact) mass is 412 g/mol. The fourth-order valence-electron chi connectivity index (χ4n) is 4.89. The lowest BCUT2D eigenvalue weighted by Gasteiger charge is -2.74. The Morgan fingerprint density at radius 1 is 1.23 bits per heavy atom. The number of halogens is 1. The number of piperazine rings is 1. The molecule has 0 atom stereocenters. The number of hydrogen-bond acceptors (Lipinski definition) is 3. The minimum atomic E-state index is 0.175. The average Bonchev–Trinajstić information content (AvgIpc) is 3.13. The van der Waals surface area contributed by atoms with E-state index in [4.69, 9.17) is 4.98 Å². The summed E-state index contributed by atoms with van der Waals surface area (Å²) < 4.78 is 3.60. The Balaban J connectivity index is 1.37. The van der Waals surface area contributed by atoms with E-state index in [1.54, 1.807) is 0 Å². The molecule has 5 fully saturated rings. The number of aromatic nitrogens is 2. The van der Waals surface area contributed by atoms with Crippen LogP contribution < -0.4 is 0 Å². The summed E-state index contributed by atoms with van der Waals surface area (Å²) in [6.07, 6.45) is 8.25. The second kappa shape index (κ2) is 4.26. The molecule has 1 aromatic heterocycles. The minimum Gasteiger partial charge on any atom is -0.334 e. The van der Waals surface area contributed by atoms with Crippen LogP contribution in [0.5, 0.6) is 0 Å². The van der Waals surface area contributed by atoms with Gasteiger partial charge < -0.3 is 9.47 Å². The van der Waals surface area contributed by atoms with Crippen LogP contribution in [0.1, 0.15) is 43.8 Å². The number of imidazole rings is 1. The molecule has 0 radical (unpaired) electrons. The van der Waals surface area contributed by atoms with Crippen molar-refractivity contribution in [3.8, 4) is 0 Å². The number of rotatable bonds is 3. The highest BCUT2D eigenvalue weighted by atomic mass is 127. The van der Waals surface area contributed by atoms with E-state index in [9.17, 15) is 4.79 Å². The Labute approximate surface area is 144 Å². The van der Waals surface area contributed by atoms with Gasteiger partial charge in [-0.05, 0) is 61.7 Å². The Kier molecular flexibility index (Phi) is 2.67. The first-order valence-electron chi connectivity index (χ1n) is 8.26. The van der Waals surface area contributed by atoms with Crippen molar-refractivity contribution in [3.05, 3.63) is 15.7 Å². The molecule has 0 spiro atoms. The molecule has 5 aliphatic rings. The zero-order chi connectivity index (χ0) is 15.1. The molecule has 1 saturated heterocycles. The fraction of sp³-hybridized carbons (Fsp3) is 0.750. The van der Waals surface area contributed by atoms with E-state index in [0.29, 0.717) is 18.4 Å². The molecule has 0 aromatic carbocycles. The normalized spacial score (nSPS) is 37.9. The van der Waals surface area contributed by atoms with Gasteiger partial charge in [0.2, 0.25) is 5.91 Å². The highest BCUT2D eigenvalue weighted by Gasteiger charge is 2.72. The summed E-state index contributed by atoms with van der Waals surface area (Å²) in [5.74, 6) is 2.32. The zero-order valence-electron chi connectivity index (χ0n) is 12.9. The van der Waals surface area contributed by atoms with Crippen LogP contribution in [-0.2, 0) is 10.3 Å². The Hall–Kier alpha value is -0.630. The molecule has 1 aromatic rings. The van der Waals surface area contributed by atoms with Crippen LogP contribution in [0.4, 0.5) is 0 Å². The molecule has 0 N–H and O–H groups in total. The number of nitrogens with zero attached hydrogens (tertiary/aromatic N) is 4. The highest BCUT2D eigenvalue weighted by molar-refractivity contribution is 14.1. The SMILES string of the molecule is CN1CCN(C23CC(n4cc(I)nc4C4CC4)(C2)C3)C(=O)C1. The molecule has 4 aliphatic carbocycles. The van der Waals surface area contributed by atoms with Crippen molar-refractivity contribution in [2.75, 3.05) is 26.7 Å². The third kappa shape index (κ3) is 1.74. The first-order chi connectivity index (χ1) is 10.5. The Morgan fingerprint density at radius 2 is 1.95 bits per heavy atom. The smallest absolute Gasteiger partial charge is 0.237 e. The van der Waals surface area contributed by atoms with E-state index in [-0.39, 0.29) is 11.1 Å². The molecule has 6 rings (SSSR count). The standard InChI is InChI=1S/C16H21IN4O/c1-19-4-5-20(13(22)7-19)15-8-16(9-15,10-15)21-6-12(17)18-14(21)11-2-3-11/h6,11H,2-5,7-10H2,1H3. The maximum Gasteiger partial charge on any atom is 0.237 e. The number of hydrogen-bond donors (Lipinski definition) is 0. The highest BCUT2D eigenvalue weighted by Crippen LogP contribution is 2.69. The van der Waals surface area contributed by atoms with Crippen LogP contribution in [-0.4, -0.2) is 57.5 Å². The van der Waals surface area contributed by atoms with Crippen LogP contribution in [0.3, 0.4) is 0 Å². The van der Waals surface area contributed by atoms with Gasteiger partial charge in [-0.1, -0.05) is 0 Å². The summed E-state index contributed by atoms with van der Waals surface area (Å²) in [5.41, 5.74) is 0.451. The Morgan fingerprint density at radius 3 is 2.59 bits per heavy atom. The van der Waals surface area contributed by atoms with Crippen molar-refractivity contribution in [3.63, 3.8) is 0 Å². The van der Waals surface area contributed by atoms with E-state index in [1.807, 2.05) is 7.05 Å². The quantitative estimate of drug-likeness (QED) is 0.711. The van der Waals surface area contributed by atoms with Gasteiger partial charge in [-0.25, -0.2) is 4.98 Å². The van der Waals surface area contributed by atoms with Crippen LogP contribution in [0.15, 0.2) is 6.20 Å². The molecule has 2 heterocycles. The fourth-order valence-corrected chi connectivity index (χ4v) is 5.42. The van der Waals surface area contributed by atoms with Crippen molar-refractivity contribution in [1.29, 1.82) is 0 Å². The van der Waals surface area contributed by atoms with Crippen LogP contribution in [0.25, 0.3) is 0 Å². The zero-order valence-corrected chi connectivity index (χ0v) is 15.0. The molecule has 4 saturated carbocycles. The van der Waals surface area contributed by atoms with Crippen molar-refractivity contribution < 1.29 is 4.79 Å². The van der Waals surface area contributed by atoms with Crippen LogP contribution >= 0.6 is 22.6 Å². The van der Waals surface area contributed by atoms with Gasteiger partial charge in [-0.3, -0.25) is 9.69 Å². The van der Waals surface area contributed by atoms with Gasteiger partial charge in [-0.15, -0.1) is 0 Å². The number of carbonyl (C=O) groups excluding carboxylic acids is 1. The lowest BCUT2D eigenvalue weighted by Crippen LogP contribution is -2.80. The van der Waals surface area contributed by atoms with E-state index in [0.717, 1.165) is 36.1 Å². The predicted molar refractivity (Wildman–Crippen MR) is 90.7 cm³/mol. The second-order valence-corrected chi connectivity index (χ2v) is 8.93. The topological polar surface area (TPSA) is 41.4 Å². The second-order valence-electron chi connectivity index (χ2n) is 7.83. The average molecular weight is 412 g/mol. The number of likely N-dealkylation sites (N-methyl/N-ethyl adjacent to an activating group) is 1. The Bertz CT molecular complexity index is 645. The largest absolute Gasteiger partial charge is 0.334 e. The summed E-state index contributed by atoms with van der Waals surface area (Å²) in [5, 5.41) is 0. The molecule has 22 heavy (non-hydrogen) atoms. The van der Waals surface area contributed by atoms with E-state index in [1.165, 1.54) is 18.7 Å². The van der Waals surface area contributed by atoms with Gasteiger partial charge in [0.05, 0.1) is 12.1 Å². The van der Waals surface area contributed by atoms with Crippen LogP contribution in [0, 0.1) is 3.70 Å². The van der Waals surface area contributed by atoms with Crippen molar-refractivity contribution >= 4 is 28.5 Å². The molecule has 6 heteroatoms. The number of carbonyl (C=O) groups is 1. The third-order valence-corrected chi connectivity index (χ3v) is 6.64. The van der Waals surface area contributed by atoms with Crippen molar-refractivity contribution in [2.45, 2.75) is 49.1 Å². The number of amides is 1. The lowest BCUT2D eigenvalue weighted by atomic mass is 9.43. The molecule has 0 unspecified atom stereocenters. The molecule has 1 amide bonds. The minimum absolute atomic E-state index is 0.175. The van der Waals surface area contributed by atoms with E-state index in [2.05, 4.69) is 43.2 Å². The molecular formula is C16H21IN4O. The molecule has 118 valence electrons. The summed E-state index contributed by atoms with van der Waals surface area (Å²) in [7, 11) is 2.04. The van der Waals surface area contributed by atoms with Gasteiger partial charge in [0, 0.05) is 30.7 Å². The van der Waals surface area contributed by atoms with Gasteiger partial charge >= 0.3 is 0 Å². The van der Waals surface area contributed by atoms with Crippen molar-refractivity contribution in [1.82, 2.24) is 19.4 Å². The van der Waals surface area contributed by atoms with Gasteiger partial charge in [-0.2, -0.15) is 0 Å². The molecule has 5 nitrogen and oxygen atoms in total.